The summed E-state index contributed by atoms with van der Waals surface area (Å²) in [5.41, 5.74) is 0.812. The zero-order valence-electron chi connectivity index (χ0n) is 13.0. The van der Waals surface area contributed by atoms with Gasteiger partial charge in [0.15, 0.2) is 16.4 Å². The summed E-state index contributed by atoms with van der Waals surface area (Å²) in [6, 6.07) is 14.5. The fourth-order valence-electron chi connectivity index (χ4n) is 1.94. The van der Waals surface area contributed by atoms with Crippen molar-refractivity contribution in [3.05, 3.63) is 54.1 Å². The lowest BCUT2D eigenvalue weighted by molar-refractivity contribution is -0.118. The number of nitriles is 1. The first-order chi connectivity index (χ1) is 11.5. The third-order valence-electron chi connectivity index (χ3n) is 3.24. The van der Waals surface area contributed by atoms with Crippen molar-refractivity contribution in [2.75, 3.05) is 17.7 Å². The van der Waals surface area contributed by atoms with Gasteiger partial charge in [0.2, 0.25) is 0 Å². The number of benzene rings is 2. The van der Waals surface area contributed by atoms with E-state index >= 15 is 0 Å². The highest BCUT2D eigenvalue weighted by molar-refractivity contribution is 7.91. The Morgan fingerprint density at radius 2 is 1.83 bits per heavy atom. The molecular weight excluding hydrogens is 328 g/mol. The lowest BCUT2D eigenvalue weighted by Crippen LogP contribution is -2.20. The molecule has 24 heavy (non-hydrogen) atoms. The normalized spacial score (nSPS) is 10.7. The molecule has 0 bridgehead atoms. The van der Waals surface area contributed by atoms with E-state index < -0.39 is 15.7 Å². The van der Waals surface area contributed by atoms with Gasteiger partial charge in [-0.25, -0.2) is 8.42 Å². The molecule has 0 heterocycles. The summed E-state index contributed by atoms with van der Waals surface area (Å²) in [5, 5.41) is 11.6. The summed E-state index contributed by atoms with van der Waals surface area (Å²) < 4.78 is 28.8. The van der Waals surface area contributed by atoms with Gasteiger partial charge < -0.3 is 10.1 Å². The van der Waals surface area contributed by atoms with Crippen LogP contribution in [0.3, 0.4) is 0 Å². The minimum Gasteiger partial charge on any atom is -0.482 e. The largest absolute Gasteiger partial charge is 0.482 e. The third-order valence-corrected chi connectivity index (χ3v) is 4.99. The molecule has 0 aromatic heterocycles. The molecule has 0 atom stereocenters. The van der Waals surface area contributed by atoms with E-state index in [9.17, 15) is 13.2 Å². The molecule has 0 unspecified atom stereocenters. The summed E-state index contributed by atoms with van der Waals surface area (Å²) in [5.74, 6) is -0.0569. The molecule has 0 radical (unpaired) electrons. The number of hydrogen-bond donors (Lipinski definition) is 1. The van der Waals surface area contributed by atoms with Crippen molar-refractivity contribution < 1.29 is 17.9 Å². The Kier molecular flexibility index (Phi) is 5.55. The van der Waals surface area contributed by atoms with E-state index in [0.717, 1.165) is 0 Å². The van der Waals surface area contributed by atoms with E-state index in [1.807, 2.05) is 6.07 Å². The van der Waals surface area contributed by atoms with Crippen LogP contribution < -0.4 is 10.1 Å². The number of rotatable bonds is 6. The van der Waals surface area contributed by atoms with Crippen molar-refractivity contribution in [2.45, 2.75) is 11.8 Å². The monoisotopic (exact) mass is 344 g/mol. The van der Waals surface area contributed by atoms with E-state index in [1.54, 1.807) is 31.2 Å². The molecule has 124 valence electrons. The maximum Gasteiger partial charge on any atom is 0.262 e. The number of amides is 1. The maximum absolute atomic E-state index is 11.9. The van der Waals surface area contributed by atoms with Crippen LogP contribution in [0.5, 0.6) is 5.75 Å². The van der Waals surface area contributed by atoms with Gasteiger partial charge in [-0.05, 0) is 36.4 Å². The van der Waals surface area contributed by atoms with Gasteiger partial charge >= 0.3 is 0 Å². The second-order valence-corrected chi connectivity index (χ2v) is 7.15. The minimum absolute atomic E-state index is 0.0187. The molecule has 1 amide bonds. The smallest absolute Gasteiger partial charge is 0.262 e. The Balaban J connectivity index is 1.97. The minimum atomic E-state index is -3.27. The SMILES string of the molecule is CCS(=O)(=O)c1ccc(NC(=O)COc2ccccc2C#N)cc1. The summed E-state index contributed by atoms with van der Waals surface area (Å²) >= 11 is 0. The molecule has 0 aliphatic rings. The van der Waals surface area contributed by atoms with Crippen LogP contribution in [0.25, 0.3) is 0 Å². The molecule has 0 fully saturated rings. The summed E-state index contributed by atoms with van der Waals surface area (Å²) in [4.78, 5) is 12.1. The highest BCUT2D eigenvalue weighted by Crippen LogP contribution is 2.17. The van der Waals surface area contributed by atoms with Crippen LogP contribution in [-0.4, -0.2) is 26.7 Å². The van der Waals surface area contributed by atoms with Crippen molar-refractivity contribution >= 4 is 21.4 Å². The Hall–Kier alpha value is -2.85. The number of nitrogens with one attached hydrogen (secondary N) is 1. The molecule has 7 heteroatoms. The topological polar surface area (TPSA) is 96.3 Å². The molecule has 1 N–H and O–H groups in total. The van der Waals surface area contributed by atoms with E-state index in [1.165, 1.54) is 24.3 Å². The predicted octanol–water partition coefficient (Wildman–Crippen LogP) is 2.37. The Morgan fingerprint density at radius 1 is 1.17 bits per heavy atom. The number of carbonyl (C=O) groups excluding carboxylic acids is 1. The Morgan fingerprint density at radius 3 is 2.46 bits per heavy atom. The molecule has 2 aromatic carbocycles. The Bertz CT molecular complexity index is 868. The van der Waals surface area contributed by atoms with Gasteiger partial charge in [0.05, 0.1) is 16.2 Å². The summed E-state index contributed by atoms with van der Waals surface area (Å²) in [6.45, 7) is 1.31. The average Bonchev–Trinajstić information content (AvgIpc) is 2.60. The first-order valence-electron chi connectivity index (χ1n) is 7.21. The lowest BCUT2D eigenvalue weighted by atomic mass is 10.2. The molecule has 0 spiro atoms. The zero-order valence-corrected chi connectivity index (χ0v) is 13.8. The van der Waals surface area contributed by atoms with Crippen LogP contribution >= 0.6 is 0 Å². The van der Waals surface area contributed by atoms with Crippen molar-refractivity contribution in [2.24, 2.45) is 0 Å². The maximum atomic E-state index is 11.9. The molecule has 0 saturated carbocycles. The van der Waals surface area contributed by atoms with Crippen molar-refractivity contribution in [1.29, 1.82) is 5.26 Å². The van der Waals surface area contributed by atoms with E-state index in [2.05, 4.69) is 5.32 Å². The number of sulfone groups is 1. The first-order valence-corrected chi connectivity index (χ1v) is 8.86. The van der Waals surface area contributed by atoms with E-state index in [4.69, 9.17) is 10.00 Å². The molecule has 0 saturated heterocycles. The lowest BCUT2D eigenvalue weighted by Gasteiger charge is -2.09. The Labute approximate surface area is 140 Å². The van der Waals surface area contributed by atoms with Gasteiger partial charge in [0, 0.05) is 5.69 Å². The average molecular weight is 344 g/mol. The van der Waals surface area contributed by atoms with Crippen LogP contribution in [0.15, 0.2) is 53.4 Å². The number of hydrogen-bond acceptors (Lipinski definition) is 5. The van der Waals surface area contributed by atoms with Crippen molar-refractivity contribution in [3.63, 3.8) is 0 Å². The van der Waals surface area contributed by atoms with E-state index in [0.29, 0.717) is 17.0 Å². The number of ether oxygens (including phenoxy) is 1. The van der Waals surface area contributed by atoms with Crippen LogP contribution in [-0.2, 0) is 14.6 Å². The predicted molar refractivity (Wildman–Crippen MR) is 89.5 cm³/mol. The molecule has 0 aliphatic carbocycles. The van der Waals surface area contributed by atoms with Crippen molar-refractivity contribution in [3.8, 4) is 11.8 Å². The van der Waals surface area contributed by atoms with Crippen LogP contribution in [0.1, 0.15) is 12.5 Å². The number of anilines is 1. The molecule has 0 aliphatic heterocycles. The van der Waals surface area contributed by atoms with Crippen LogP contribution in [0.2, 0.25) is 0 Å². The molecule has 6 nitrogen and oxygen atoms in total. The zero-order chi connectivity index (χ0) is 17.6. The molecule has 2 rings (SSSR count). The van der Waals surface area contributed by atoms with Crippen molar-refractivity contribution in [1.82, 2.24) is 0 Å². The molecular formula is C17H16N2O4S. The van der Waals surface area contributed by atoms with Gasteiger partial charge in [0.25, 0.3) is 5.91 Å². The fourth-order valence-corrected chi connectivity index (χ4v) is 2.82. The summed E-state index contributed by atoms with van der Waals surface area (Å²) in [6.07, 6.45) is 0. The van der Waals surface area contributed by atoms with Gasteiger partial charge in [0.1, 0.15) is 11.8 Å². The third kappa shape index (κ3) is 4.33. The number of para-hydroxylation sites is 1. The number of carbonyl (C=O) groups is 1. The van der Waals surface area contributed by atoms with Crippen LogP contribution in [0.4, 0.5) is 5.69 Å². The summed E-state index contributed by atoms with van der Waals surface area (Å²) in [7, 11) is -3.27. The fraction of sp³-hybridized carbons (Fsp3) is 0.176. The first kappa shape index (κ1) is 17.5. The second-order valence-electron chi connectivity index (χ2n) is 4.87. The van der Waals surface area contributed by atoms with E-state index in [-0.39, 0.29) is 17.3 Å². The highest BCUT2D eigenvalue weighted by Gasteiger charge is 2.11. The van der Waals surface area contributed by atoms with Gasteiger partial charge in [-0.1, -0.05) is 19.1 Å². The van der Waals surface area contributed by atoms with Gasteiger partial charge in [-0.2, -0.15) is 5.26 Å². The highest BCUT2D eigenvalue weighted by atomic mass is 32.2. The van der Waals surface area contributed by atoms with Crippen LogP contribution in [0, 0.1) is 11.3 Å². The van der Waals surface area contributed by atoms with Gasteiger partial charge in [-0.3, -0.25) is 4.79 Å². The van der Waals surface area contributed by atoms with Gasteiger partial charge in [-0.15, -0.1) is 0 Å². The number of nitrogens with zero attached hydrogens (tertiary/aromatic N) is 1. The standard InChI is InChI=1S/C17H16N2O4S/c1-2-24(21,22)15-9-7-14(8-10-15)19-17(20)12-23-16-6-4-3-5-13(16)11-18/h3-10H,2,12H2,1H3,(H,19,20). The molecule has 2 aromatic rings. The second kappa shape index (κ2) is 7.62. The quantitative estimate of drug-likeness (QED) is 0.868.